The highest BCUT2D eigenvalue weighted by atomic mass is 16.1. The Hall–Kier alpha value is -1.84. The highest BCUT2D eigenvalue weighted by Gasteiger charge is 2.28. The average molecular weight is 299 g/mol. The number of rotatable bonds is 7. The third-order valence-electron chi connectivity index (χ3n) is 4.39. The van der Waals surface area contributed by atoms with Crippen LogP contribution in [0, 0.1) is 0 Å². The largest absolute Gasteiger partial charge is 0.356 e. The van der Waals surface area contributed by atoms with Gasteiger partial charge in [-0.25, -0.2) is 4.98 Å². The van der Waals surface area contributed by atoms with Gasteiger partial charge in [0.05, 0.1) is 17.5 Å². The van der Waals surface area contributed by atoms with Crippen molar-refractivity contribution in [2.75, 3.05) is 6.54 Å². The van der Waals surface area contributed by atoms with Crippen LogP contribution in [0.3, 0.4) is 0 Å². The molecule has 0 atom stereocenters. The number of aryl methyl sites for hydroxylation is 1. The second kappa shape index (κ2) is 6.51. The van der Waals surface area contributed by atoms with Crippen LogP contribution >= 0.6 is 0 Å². The normalized spacial score (nSPS) is 14.5. The average Bonchev–Trinajstić information content (AvgIpc) is 3.29. The molecule has 1 saturated carbocycles. The Morgan fingerprint density at radius 3 is 2.91 bits per heavy atom. The molecule has 4 heteroatoms. The molecule has 1 amide bonds. The molecule has 1 aromatic heterocycles. The van der Waals surface area contributed by atoms with Gasteiger partial charge in [0.1, 0.15) is 5.82 Å². The summed E-state index contributed by atoms with van der Waals surface area (Å²) in [6.45, 7) is 2.95. The van der Waals surface area contributed by atoms with Gasteiger partial charge >= 0.3 is 0 Å². The summed E-state index contributed by atoms with van der Waals surface area (Å²) in [7, 11) is 2.09. The van der Waals surface area contributed by atoms with Crippen LogP contribution in [0.1, 0.15) is 56.3 Å². The Balaban J connectivity index is 1.65. The topological polar surface area (TPSA) is 46.9 Å². The Morgan fingerprint density at radius 2 is 2.18 bits per heavy atom. The zero-order valence-electron chi connectivity index (χ0n) is 13.6. The lowest BCUT2D eigenvalue weighted by Crippen LogP contribution is -2.26. The number of unbranched alkanes of at least 4 members (excludes halogenated alkanes) is 2. The molecule has 1 heterocycles. The summed E-state index contributed by atoms with van der Waals surface area (Å²) in [4.78, 5) is 16.7. The van der Waals surface area contributed by atoms with Crippen molar-refractivity contribution in [2.24, 2.45) is 7.05 Å². The van der Waals surface area contributed by atoms with Crippen LogP contribution in [-0.2, 0) is 18.3 Å². The van der Waals surface area contributed by atoms with Crippen molar-refractivity contribution < 1.29 is 4.79 Å². The predicted molar refractivity (Wildman–Crippen MR) is 88.9 cm³/mol. The van der Waals surface area contributed by atoms with Crippen LogP contribution in [0.2, 0.25) is 0 Å². The molecule has 2 aromatic rings. The molecule has 0 radical (unpaired) electrons. The number of nitrogens with one attached hydrogen (secondary N) is 1. The minimum absolute atomic E-state index is 0.105. The SMILES string of the molecule is CCCCCNC(=O)Cc1ccc2c(c1)nc(C1CC1)n2C. The summed E-state index contributed by atoms with van der Waals surface area (Å²) in [6, 6.07) is 6.20. The predicted octanol–water partition coefficient (Wildman–Crippen LogP) is 3.30. The van der Waals surface area contributed by atoms with Crippen molar-refractivity contribution in [2.45, 2.75) is 51.4 Å². The van der Waals surface area contributed by atoms with Crippen LogP contribution in [-0.4, -0.2) is 22.0 Å². The second-order valence-corrected chi connectivity index (χ2v) is 6.36. The number of carbonyl (C=O) groups excluding carboxylic acids is 1. The van der Waals surface area contributed by atoms with E-state index < -0.39 is 0 Å². The third kappa shape index (κ3) is 3.32. The van der Waals surface area contributed by atoms with Gasteiger partial charge in [0.25, 0.3) is 0 Å². The maximum atomic E-state index is 12.0. The van der Waals surface area contributed by atoms with Gasteiger partial charge in [-0.1, -0.05) is 25.8 Å². The molecule has 3 rings (SSSR count). The number of aromatic nitrogens is 2. The first kappa shape index (κ1) is 15.1. The third-order valence-corrected chi connectivity index (χ3v) is 4.39. The first-order chi connectivity index (χ1) is 10.7. The first-order valence-electron chi connectivity index (χ1n) is 8.41. The molecule has 1 aromatic carbocycles. The summed E-state index contributed by atoms with van der Waals surface area (Å²) in [5.74, 6) is 1.94. The van der Waals surface area contributed by atoms with Gasteiger partial charge in [-0.3, -0.25) is 4.79 Å². The fourth-order valence-electron chi connectivity index (χ4n) is 2.93. The number of hydrogen-bond donors (Lipinski definition) is 1. The van der Waals surface area contributed by atoms with E-state index in [4.69, 9.17) is 4.98 Å². The Morgan fingerprint density at radius 1 is 1.36 bits per heavy atom. The van der Waals surface area contributed by atoms with E-state index in [-0.39, 0.29) is 5.91 Å². The van der Waals surface area contributed by atoms with Gasteiger partial charge in [-0.2, -0.15) is 0 Å². The molecule has 0 bridgehead atoms. The highest BCUT2D eigenvalue weighted by molar-refractivity contribution is 5.82. The van der Waals surface area contributed by atoms with E-state index in [1.54, 1.807) is 0 Å². The van der Waals surface area contributed by atoms with Crippen LogP contribution in [0.25, 0.3) is 11.0 Å². The van der Waals surface area contributed by atoms with E-state index in [0.29, 0.717) is 12.3 Å². The molecule has 1 N–H and O–H groups in total. The highest BCUT2D eigenvalue weighted by Crippen LogP contribution is 2.40. The van der Waals surface area contributed by atoms with E-state index in [1.165, 1.54) is 31.5 Å². The number of fused-ring (bicyclic) bond motifs is 1. The van der Waals surface area contributed by atoms with Crippen molar-refractivity contribution in [3.8, 4) is 0 Å². The van der Waals surface area contributed by atoms with E-state index >= 15 is 0 Å². The van der Waals surface area contributed by atoms with E-state index in [9.17, 15) is 4.79 Å². The van der Waals surface area contributed by atoms with Gasteiger partial charge in [-0.05, 0) is 37.0 Å². The second-order valence-electron chi connectivity index (χ2n) is 6.36. The van der Waals surface area contributed by atoms with Gasteiger partial charge in [0, 0.05) is 19.5 Å². The minimum atomic E-state index is 0.105. The van der Waals surface area contributed by atoms with E-state index in [1.807, 2.05) is 6.07 Å². The standard InChI is InChI=1S/C18H25N3O/c1-3-4-5-10-19-17(22)12-13-6-9-16-15(11-13)20-18(21(16)2)14-7-8-14/h6,9,11,14H,3-5,7-8,10,12H2,1-2H3,(H,19,22). The molecular weight excluding hydrogens is 274 g/mol. The zero-order valence-corrected chi connectivity index (χ0v) is 13.6. The summed E-state index contributed by atoms with van der Waals surface area (Å²) in [5, 5.41) is 2.99. The lowest BCUT2D eigenvalue weighted by Gasteiger charge is -2.05. The van der Waals surface area contributed by atoms with E-state index in [0.717, 1.165) is 29.6 Å². The molecule has 4 nitrogen and oxygen atoms in total. The maximum absolute atomic E-state index is 12.0. The minimum Gasteiger partial charge on any atom is -0.356 e. The van der Waals surface area contributed by atoms with Crippen molar-refractivity contribution >= 4 is 16.9 Å². The molecule has 1 fully saturated rings. The summed E-state index contributed by atoms with van der Waals surface area (Å²) in [6.07, 6.45) is 6.36. The Kier molecular flexibility index (Phi) is 4.46. The van der Waals surface area contributed by atoms with Crippen LogP contribution < -0.4 is 5.32 Å². The molecule has 0 aliphatic heterocycles. The molecule has 118 valence electrons. The number of amides is 1. The quantitative estimate of drug-likeness (QED) is 0.797. The molecule has 1 aliphatic rings. The van der Waals surface area contributed by atoms with Crippen molar-refractivity contribution in [1.82, 2.24) is 14.9 Å². The Bertz CT molecular complexity index is 670. The first-order valence-corrected chi connectivity index (χ1v) is 8.41. The lowest BCUT2D eigenvalue weighted by molar-refractivity contribution is -0.120. The van der Waals surface area contributed by atoms with Gasteiger partial charge < -0.3 is 9.88 Å². The maximum Gasteiger partial charge on any atom is 0.224 e. The molecule has 1 aliphatic carbocycles. The number of benzene rings is 1. The molecule has 0 spiro atoms. The van der Waals surface area contributed by atoms with E-state index in [2.05, 4.69) is 36.0 Å². The van der Waals surface area contributed by atoms with Crippen molar-refractivity contribution in [1.29, 1.82) is 0 Å². The summed E-state index contributed by atoms with van der Waals surface area (Å²) >= 11 is 0. The number of hydrogen-bond acceptors (Lipinski definition) is 2. The molecular formula is C18H25N3O. The van der Waals surface area contributed by atoms with Crippen LogP contribution in [0.15, 0.2) is 18.2 Å². The lowest BCUT2D eigenvalue weighted by atomic mass is 10.1. The Labute approximate surface area is 131 Å². The monoisotopic (exact) mass is 299 g/mol. The van der Waals surface area contributed by atoms with Gasteiger partial charge in [-0.15, -0.1) is 0 Å². The molecule has 22 heavy (non-hydrogen) atoms. The molecule has 0 unspecified atom stereocenters. The number of imidazole rings is 1. The fraction of sp³-hybridized carbons (Fsp3) is 0.556. The van der Waals surface area contributed by atoms with Crippen molar-refractivity contribution in [3.05, 3.63) is 29.6 Å². The van der Waals surface area contributed by atoms with Gasteiger partial charge in [0.15, 0.2) is 0 Å². The number of carbonyl (C=O) groups is 1. The zero-order chi connectivity index (χ0) is 15.5. The van der Waals surface area contributed by atoms with Crippen LogP contribution in [0.5, 0.6) is 0 Å². The van der Waals surface area contributed by atoms with Crippen LogP contribution in [0.4, 0.5) is 0 Å². The smallest absolute Gasteiger partial charge is 0.224 e. The fourth-order valence-corrected chi connectivity index (χ4v) is 2.93. The molecule has 0 saturated heterocycles. The summed E-state index contributed by atoms with van der Waals surface area (Å²) in [5.41, 5.74) is 3.22. The summed E-state index contributed by atoms with van der Waals surface area (Å²) < 4.78 is 2.20. The van der Waals surface area contributed by atoms with Crippen molar-refractivity contribution in [3.63, 3.8) is 0 Å². The number of nitrogens with zero attached hydrogens (tertiary/aromatic N) is 2. The van der Waals surface area contributed by atoms with Gasteiger partial charge in [0.2, 0.25) is 5.91 Å².